The number of unbranched alkanes of at least 4 members (excludes halogenated alkanes) is 1. The van der Waals surface area contributed by atoms with Gasteiger partial charge in [-0.3, -0.25) is 11.3 Å². The molecular weight excluding hydrogens is 106 g/mol. The molecule has 0 unspecified atom stereocenters. The van der Waals surface area contributed by atoms with Crippen molar-refractivity contribution < 1.29 is 5.21 Å². The van der Waals surface area contributed by atoms with E-state index >= 15 is 0 Å². The number of nitrogens with two attached hydrogens (primary N) is 1. The van der Waals surface area contributed by atoms with Crippen LogP contribution < -0.4 is 16.7 Å². The number of hydrogen-bond acceptors (Lipinski definition) is 4. The van der Waals surface area contributed by atoms with Crippen molar-refractivity contribution in [2.45, 2.75) is 12.8 Å². The third kappa shape index (κ3) is 5.84. The minimum atomic E-state index is 0.641. The van der Waals surface area contributed by atoms with Gasteiger partial charge in [0.25, 0.3) is 0 Å². The van der Waals surface area contributed by atoms with Gasteiger partial charge in [-0.2, -0.15) is 0 Å². The second-order valence-electron chi connectivity index (χ2n) is 1.57. The summed E-state index contributed by atoms with van der Waals surface area (Å²) >= 11 is 0. The van der Waals surface area contributed by atoms with Crippen LogP contribution in [-0.4, -0.2) is 18.3 Å². The van der Waals surface area contributed by atoms with Gasteiger partial charge in [0.2, 0.25) is 0 Å². The molecule has 0 saturated carbocycles. The van der Waals surface area contributed by atoms with Crippen molar-refractivity contribution in [3.05, 3.63) is 0 Å². The fraction of sp³-hybridized carbons (Fsp3) is 1.00. The van der Waals surface area contributed by atoms with E-state index in [4.69, 9.17) is 11.0 Å². The van der Waals surface area contributed by atoms with Gasteiger partial charge in [0.1, 0.15) is 0 Å². The Balaban J connectivity index is 2.53. The van der Waals surface area contributed by atoms with Gasteiger partial charge in [0.05, 0.1) is 0 Å². The molecular formula is C4H13N3O. The van der Waals surface area contributed by atoms with E-state index in [2.05, 4.69) is 10.9 Å². The van der Waals surface area contributed by atoms with E-state index in [1.807, 2.05) is 0 Å². The third-order valence-electron chi connectivity index (χ3n) is 0.860. The molecule has 0 aliphatic rings. The first-order chi connectivity index (χ1) is 3.91. The molecule has 50 valence electrons. The van der Waals surface area contributed by atoms with Gasteiger partial charge in [-0.15, -0.1) is 0 Å². The molecule has 4 nitrogen and oxygen atoms in total. The zero-order valence-electron chi connectivity index (χ0n) is 4.85. The average Bonchev–Trinajstić information content (AvgIpc) is 1.81. The molecule has 0 aliphatic carbocycles. The maximum Gasteiger partial charge on any atom is 0.0207 e. The number of hydroxylamine groups is 1. The van der Waals surface area contributed by atoms with Crippen molar-refractivity contribution in [2.75, 3.05) is 13.1 Å². The van der Waals surface area contributed by atoms with E-state index < -0.39 is 0 Å². The van der Waals surface area contributed by atoms with E-state index in [-0.39, 0.29) is 0 Å². The van der Waals surface area contributed by atoms with Crippen LogP contribution in [0.4, 0.5) is 0 Å². The first-order valence-corrected chi connectivity index (χ1v) is 2.72. The first kappa shape index (κ1) is 7.84. The predicted molar refractivity (Wildman–Crippen MR) is 31.2 cm³/mol. The lowest BCUT2D eigenvalue weighted by Gasteiger charge is -1.96. The van der Waals surface area contributed by atoms with Crippen molar-refractivity contribution in [1.29, 1.82) is 0 Å². The van der Waals surface area contributed by atoms with Gasteiger partial charge < -0.3 is 5.21 Å². The summed E-state index contributed by atoms with van der Waals surface area (Å²) < 4.78 is 0. The molecule has 8 heavy (non-hydrogen) atoms. The van der Waals surface area contributed by atoms with Crippen LogP contribution in [0.5, 0.6) is 0 Å². The Morgan fingerprint density at radius 3 is 2.38 bits per heavy atom. The zero-order chi connectivity index (χ0) is 6.24. The molecule has 0 aromatic carbocycles. The van der Waals surface area contributed by atoms with Crippen molar-refractivity contribution >= 4 is 0 Å². The second kappa shape index (κ2) is 6.84. The quantitative estimate of drug-likeness (QED) is 0.217. The Hall–Kier alpha value is -0.160. The number of rotatable bonds is 5. The smallest absolute Gasteiger partial charge is 0.0207 e. The molecule has 0 amide bonds. The standard InChI is InChI=1S/C4H13N3O/c5-6-3-1-2-4-7-8/h6-8H,1-5H2. The van der Waals surface area contributed by atoms with E-state index in [0.29, 0.717) is 6.54 Å². The van der Waals surface area contributed by atoms with Crippen LogP contribution >= 0.6 is 0 Å². The number of hydrazine groups is 1. The van der Waals surface area contributed by atoms with Gasteiger partial charge in [0, 0.05) is 13.1 Å². The highest BCUT2D eigenvalue weighted by Gasteiger charge is 1.82. The fourth-order valence-electron chi connectivity index (χ4n) is 0.431. The maximum absolute atomic E-state index is 8.06. The van der Waals surface area contributed by atoms with E-state index in [9.17, 15) is 0 Å². The van der Waals surface area contributed by atoms with Gasteiger partial charge in [-0.05, 0) is 12.8 Å². The van der Waals surface area contributed by atoms with Crippen LogP contribution in [-0.2, 0) is 0 Å². The lowest BCUT2D eigenvalue weighted by atomic mass is 10.3. The summed E-state index contributed by atoms with van der Waals surface area (Å²) in [7, 11) is 0. The summed E-state index contributed by atoms with van der Waals surface area (Å²) in [4.78, 5) is 0. The SMILES string of the molecule is NNCCCCNO. The summed E-state index contributed by atoms with van der Waals surface area (Å²) in [6.45, 7) is 1.45. The van der Waals surface area contributed by atoms with Gasteiger partial charge in [0.15, 0.2) is 0 Å². The highest BCUT2D eigenvalue weighted by molar-refractivity contribution is 4.41. The molecule has 0 rings (SSSR count). The van der Waals surface area contributed by atoms with Crippen molar-refractivity contribution in [2.24, 2.45) is 5.84 Å². The van der Waals surface area contributed by atoms with Crippen LogP contribution in [0, 0.1) is 0 Å². The molecule has 0 aromatic heterocycles. The van der Waals surface area contributed by atoms with E-state index in [1.54, 1.807) is 0 Å². The summed E-state index contributed by atoms with van der Waals surface area (Å²) in [6.07, 6.45) is 1.94. The van der Waals surface area contributed by atoms with Gasteiger partial charge in [-0.25, -0.2) is 5.48 Å². The molecule has 0 saturated heterocycles. The molecule has 0 aliphatic heterocycles. The monoisotopic (exact) mass is 119 g/mol. The highest BCUT2D eigenvalue weighted by atomic mass is 16.5. The van der Waals surface area contributed by atoms with Crippen LogP contribution in [0.2, 0.25) is 0 Å². The molecule has 0 heterocycles. The molecule has 0 radical (unpaired) electrons. The number of nitrogens with one attached hydrogen (secondary N) is 2. The average molecular weight is 119 g/mol. The summed E-state index contributed by atoms with van der Waals surface area (Å²) in [5.41, 5.74) is 4.58. The molecule has 0 atom stereocenters. The molecule has 5 N–H and O–H groups in total. The van der Waals surface area contributed by atoms with E-state index in [0.717, 1.165) is 19.4 Å². The van der Waals surface area contributed by atoms with Crippen LogP contribution in [0.1, 0.15) is 12.8 Å². The minimum absolute atomic E-state index is 0.641. The summed E-state index contributed by atoms with van der Waals surface area (Å²) in [5.74, 6) is 4.98. The summed E-state index contributed by atoms with van der Waals surface area (Å²) in [6, 6.07) is 0. The predicted octanol–water partition coefficient (Wildman–Crippen LogP) is -0.791. The van der Waals surface area contributed by atoms with Crippen molar-refractivity contribution in [1.82, 2.24) is 10.9 Å². The van der Waals surface area contributed by atoms with Crippen LogP contribution in [0.15, 0.2) is 0 Å². The molecule has 0 spiro atoms. The lowest BCUT2D eigenvalue weighted by molar-refractivity contribution is 0.165. The Kier molecular flexibility index (Phi) is 6.70. The largest absolute Gasteiger partial charge is 0.317 e. The molecule has 0 fully saturated rings. The van der Waals surface area contributed by atoms with Crippen molar-refractivity contribution in [3.8, 4) is 0 Å². The third-order valence-corrected chi connectivity index (χ3v) is 0.860. The Labute approximate surface area is 49.0 Å². The molecule has 0 bridgehead atoms. The Morgan fingerprint density at radius 1 is 1.25 bits per heavy atom. The minimum Gasteiger partial charge on any atom is -0.317 e. The van der Waals surface area contributed by atoms with Gasteiger partial charge in [-0.1, -0.05) is 0 Å². The maximum atomic E-state index is 8.06. The first-order valence-electron chi connectivity index (χ1n) is 2.72. The molecule has 4 heteroatoms. The highest BCUT2D eigenvalue weighted by Crippen LogP contribution is 1.80. The molecule has 0 aromatic rings. The van der Waals surface area contributed by atoms with Crippen molar-refractivity contribution in [3.63, 3.8) is 0 Å². The number of hydrogen-bond donors (Lipinski definition) is 4. The lowest BCUT2D eigenvalue weighted by Crippen LogP contribution is -2.23. The van der Waals surface area contributed by atoms with Crippen LogP contribution in [0.25, 0.3) is 0 Å². The fourth-order valence-corrected chi connectivity index (χ4v) is 0.431. The Bertz CT molecular complexity index is 36.3. The second-order valence-corrected chi connectivity index (χ2v) is 1.57. The topological polar surface area (TPSA) is 70.3 Å². The normalized spacial score (nSPS) is 9.75. The van der Waals surface area contributed by atoms with E-state index in [1.165, 1.54) is 0 Å². The Morgan fingerprint density at radius 2 is 1.88 bits per heavy atom. The zero-order valence-corrected chi connectivity index (χ0v) is 4.85. The van der Waals surface area contributed by atoms with Gasteiger partial charge >= 0.3 is 0 Å². The van der Waals surface area contributed by atoms with Crippen LogP contribution in [0.3, 0.4) is 0 Å². The summed E-state index contributed by atoms with van der Waals surface area (Å²) in [5, 5.41) is 8.06.